The summed E-state index contributed by atoms with van der Waals surface area (Å²) in [6, 6.07) is 0. The Kier molecular flexibility index (Phi) is 2.26. The predicted molar refractivity (Wildman–Crippen MR) is 64.9 cm³/mol. The lowest BCUT2D eigenvalue weighted by atomic mass is 9.85. The van der Waals surface area contributed by atoms with Gasteiger partial charge in [0.1, 0.15) is 5.39 Å². The fraction of sp³-hybridized carbons (Fsp3) is 0.417. The minimum Gasteiger partial charge on any atom is -0.405 e. The van der Waals surface area contributed by atoms with Crippen LogP contribution in [0.2, 0.25) is 0 Å². The van der Waals surface area contributed by atoms with E-state index in [1.54, 1.807) is 0 Å². The molecule has 6 heteroatoms. The number of rotatable bonds is 0. The van der Waals surface area contributed by atoms with Gasteiger partial charge in [-0.2, -0.15) is 0 Å². The number of aromatic nitrogens is 2. The third-order valence-electron chi connectivity index (χ3n) is 3.46. The van der Waals surface area contributed by atoms with E-state index in [9.17, 15) is 14.4 Å². The van der Waals surface area contributed by atoms with Gasteiger partial charge in [-0.1, -0.05) is 6.92 Å². The summed E-state index contributed by atoms with van der Waals surface area (Å²) in [6.07, 6.45) is 2.18. The summed E-state index contributed by atoms with van der Waals surface area (Å²) in [5, 5.41) is 0.302. The highest BCUT2D eigenvalue weighted by molar-refractivity contribution is 5.76. The van der Waals surface area contributed by atoms with E-state index < -0.39 is 16.9 Å². The number of H-pyrrole nitrogens is 2. The Balaban J connectivity index is 2.50. The van der Waals surface area contributed by atoms with E-state index in [-0.39, 0.29) is 5.71 Å². The quantitative estimate of drug-likeness (QED) is 0.700. The summed E-state index contributed by atoms with van der Waals surface area (Å²) in [5.41, 5.74) is -0.356. The summed E-state index contributed by atoms with van der Waals surface area (Å²) < 4.78 is 5.03. The van der Waals surface area contributed by atoms with Gasteiger partial charge >= 0.3 is 11.3 Å². The third kappa shape index (κ3) is 1.53. The van der Waals surface area contributed by atoms with Gasteiger partial charge in [0, 0.05) is 5.56 Å². The first-order chi connectivity index (χ1) is 8.56. The molecule has 0 aromatic carbocycles. The third-order valence-corrected chi connectivity index (χ3v) is 3.46. The van der Waals surface area contributed by atoms with Gasteiger partial charge in [-0.3, -0.25) is 14.8 Å². The molecule has 0 fully saturated rings. The fourth-order valence-corrected chi connectivity index (χ4v) is 2.56. The second-order valence-corrected chi connectivity index (χ2v) is 4.81. The molecular weight excluding hydrogens is 236 g/mol. The van der Waals surface area contributed by atoms with Crippen molar-refractivity contribution in [2.45, 2.75) is 26.2 Å². The van der Waals surface area contributed by atoms with Gasteiger partial charge in [0.25, 0.3) is 5.56 Å². The van der Waals surface area contributed by atoms with Gasteiger partial charge < -0.3 is 4.42 Å². The Morgan fingerprint density at radius 2 is 1.94 bits per heavy atom. The van der Waals surface area contributed by atoms with Crippen LogP contribution in [0.4, 0.5) is 0 Å². The lowest BCUT2D eigenvalue weighted by molar-refractivity contribution is 0.470. The van der Waals surface area contributed by atoms with Crippen LogP contribution < -0.4 is 16.9 Å². The highest BCUT2D eigenvalue weighted by Crippen LogP contribution is 2.26. The first-order valence-corrected chi connectivity index (χ1v) is 5.87. The SMILES string of the molecule is C[C@@H]1CCc2c(c3c(=O)[nH]c(=O)[nH]c3oc2=O)C1. The Labute approximate surface area is 101 Å². The maximum atomic E-state index is 11.9. The van der Waals surface area contributed by atoms with Crippen molar-refractivity contribution in [3.05, 3.63) is 42.4 Å². The number of nitrogens with one attached hydrogen (secondary N) is 2. The van der Waals surface area contributed by atoms with Crippen LogP contribution in [0.3, 0.4) is 0 Å². The van der Waals surface area contributed by atoms with E-state index in [1.165, 1.54) is 0 Å². The summed E-state index contributed by atoms with van der Waals surface area (Å²) >= 11 is 0. The number of hydrogen-bond donors (Lipinski definition) is 2. The second kappa shape index (κ2) is 3.69. The first-order valence-electron chi connectivity index (χ1n) is 5.87. The van der Waals surface area contributed by atoms with Crippen molar-refractivity contribution >= 4 is 11.1 Å². The van der Waals surface area contributed by atoms with Crippen LogP contribution in [0.25, 0.3) is 11.1 Å². The van der Waals surface area contributed by atoms with E-state index >= 15 is 0 Å². The van der Waals surface area contributed by atoms with Crippen molar-refractivity contribution in [3.63, 3.8) is 0 Å². The van der Waals surface area contributed by atoms with Gasteiger partial charge in [0.15, 0.2) is 0 Å². The number of fused-ring (bicyclic) bond motifs is 3. The molecule has 0 bridgehead atoms. The van der Waals surface area contributed by atoms with E-state index in [0.717, 1.165) is 12.0 Å². The van der Waals surface area contributed by atoms with Crippen LogP contribution in [0, 0.1) is 5.92 Å². The molecule has 0 saturated carbocycles. The van der Waals surface area contributed by atoms with Gasteiger partial charge in [0.05, 0.1) is 0 Å². The van der Waals surface area contributed by atoms with Crippen LogP contribution in [-0.2, 0) is 12.8 Å². The van der Waals surface area contributed by atoms with Crippen LogP contribution in [-0.4, -0.2) is 9.97 Å². The van der Waals surface area contributed by atoms with Crippen molar-refractivity contribution in [1.29, 1.82) is 0 Å². The second-order valence-electron chi connectivity index (χ2n) is 4.81. The average molecular weight is 248 g/mol. The predicted octanol–water partition coefficient (Wildman–Crippen LogP) is 0.294. The van der Waals surface area contributed by atoms with Gasteiger partial charge in [-0.25, -0.2) is 9.59 Å². The molecule has 6 nitrogen and oxygen atoms in total. The van der Waals surface area contributed by atoms with Gasteiger partial charge in [-0.05, 0) is 30.7 Å². The highest BCUT2D eigenvalue weighted by atomic mass is 16.4. The van der Waals surface area contributed by atoms with Crippen LogP contribution in [0.1, 0.15) is 24.5 Å². The monoisotopic (exact) mass is 248 g/mol. The van der Waals surface area contributed by atoms with Gasteiger partial charge in [-0.15, -0.1) is 0 Å². The molecule has 3 rings (SSSR count). The van der Waals surface area contributed by atoms with Crippen molar-refractivity contribution < 1.29 is 4.42 Å². The molecule has 2 heterocycles. The molecule has 2 aromatic rings. The topological polar surface area (TPSA) is 95.9 Å². The average Bonchev–Trinajstić information content (AvgIpc) is 2.27. The summed E-state index contributed by atoms with van der Waals surface area (Å²) in [5.74, 6) is 0.411. The van der Waals surface area contributed by atoms with Crippen molar-refractivity contribution in [2.75, 3.05) is 0 Å². The number of hydrogen-bond acceptors (Lipinski definition) is 4. The number of aromatic amines is 2. The summed E-state index contributed by atoms with van der Waals surface area (Å²) in [7, 11) is 0. The zero-order chi connectivity index (χ0) is 12.9. The summed E-state index contributed by atoms with van der Waals surface area (Å²) in [4.78, 5) is 39.4. The Hall–Kier alpha value is -2.11. The lowest BCUT2D eigenvalue weighted by Crippen LogP contribution is -2.28. The standard InChI is InChI=1S/C12H12N2O4/c1-5-2-3-6-7(4-5)8-9(15)13-12(17)14-10(8)18-11(6)16/h5H,2-4H2,1H3,(H2,13,14,15,17)/t5-/m1/s1. The van der Waals surface area contributed by atoms with Crippen molar-refractivity contribution in [2.24, 2.45) is 5.92 Å². The molecule has 0 unspecified atom stereocenters. The van der Waals surface area contributed by atoms with Crippen LogP contribution in [0.5, 0.6) is 0 Å². The molecule has 1 aliphatic rings. The highest BCUT2D eigenvalue weighted by Gasteiger charge is 2.23. The lowest BCUT2D eigenvalue weighted by Gasteiger charge is -2.20. The van der Waals surface area contributed by atoms with Gasteiger partial charge in [0.2, 0.25) is 5.71 Å². The van der Waals surface area contributed by atoms with E-state index in [0.29, 0.717) is 29.7 Å². The Morgan fingerprint density at radius 3 is 2.72 bits per heavy atom. The molecule has 1 aliphatic carbocycles. The first kappa shape index (κ1) is 11.0. The minimum absolute atomic E-state index is 0.0263. The van der Waals surface area contributed by atoms with E-state index in [1.807, 2.05) is 0 Å². The smallest absolute Gasteiger partial charge is 0.340 e. The molecule has 2 aromatic heterocycles. The Morgan fingerprint density at radius 1 is 1.17 bits per heavy atom. The van der Waals surface area contributed by atoms with Crippen LogP contribution in [0.15, 0.2) is 18.8 Å². The normalized spacial score (nSPS) is 18.8. The Bertz CT molecular complexity index is 796. The molecule has 0 amide bonds. The largest absolute Gasteiger partial charge is 0.405 e. The van der Waals surface area contributed by atoms with Crippen molar-refractivity contribution in [1.82, 2.24) is 9.97 Å². The molecule has 0 spiro atoms. The molecule has 1 atom stereocenters. The maximum Gasteiger partial charge on any atom is 0.340 e. The molecule has 94 valence electrons. The molecule has 0 saturated heterocycles. The minimum atomic E-state index is -0.667. The van der Waals surface area contributed by atoms with Crippen molar-refractivity contribution in [3.8, 4) is 0 Å². The maximum absolute atomic E-state index is 11.9. The molecule has 0 aliphatic heterocycles. The van der Waals surface area contributed by atoms with Crippen LogP contribution >= 0.6 is 0 Å². The van der Waals surface area contributed by atoms with E-state index in [2.05, 4.69) is 16.9 Å². The summed E-state index contributed by atoms with van der Waals surface area (Å²) in [6.45, 7) is 2.07. The molecule has 0 radical (unpaired) electrons. The molecule has 2 N–H and O–H groups in total. The molecule has 18 heavy (non-hydrogen) atoms. The zero-order valence-corrected chi connectivity index (χ0v) is 9.83. The van der Waals surface area contributed by atoms with E-state index in [4.69, 9.17) is 4.42 Å². The fourth-order valence-electron chi connectivity index (χ4n) is 2.56. The molecular formula is C12H12N2O4. The zero-order valence-electron chi connectivity index (χ0n) is 9.83.